The van der Waals surface area contributed by atoms with Gasteiger partial charge >= 0.3 is 6.61 Å². The minimum Gasteiger partial charge on any atom is -0.435 e. The number of hydrogen-bond donors (Lipinski definition) is 1. The van der Waals surface area contributed by atoms with Crippen LogP contribution < -0.4 is 4.74 Å². The molecule has 1 saturated heterocycles. The number of alkyl halides is 2. The fraction of sp³-hybridized carbons (Fsp3) is 0.263. The van der Waals surface area contributed by atoms with Crippen molar-refractivity contribution in [1.82, 2.24) is 14.9 Å². The molecular formula is C19H17F2N3O2. The fourth-order valence-electron chi connectivity index (χ4n) is 3.40. The molecule has 1 N–H and O–H groups in total. The van der Waals surface area contributed by atoms with Crippen molar-refractivity contribution in [3.8, 4) is 5.75 Å². The third-order valence-electron chi connectivity index (χ3n) is 4.54. The molecular weight excluding hydrogens is 340 g/mol. The molecule has 0 unspecified atom stereocenters. The molecule has 0 radical (unpaired) electrons. The summed E-state index contributed by atoms with van der Waals surface area (Å²) >= 11 is 0. The highest BCUT2D eigenvalue weighted by Crippen LogP contribution is 2.33. The first kappa shape index (κ1) is 16.5. The SMILES string of the molecule is O=C(c1cccc(OC(F)F)c1)N1CCC[C@@H]1c1nc2ccccc2[nH]1. The number of rotatable bonds is 4. The van der Waals surface area contributed by atoms with Gasteiger partial charge in [0.2, 0.25) is 0 Å². The maximum absolute atomic E-state index is 12.9. The van der Waals surface area contributed by atoms with E-state index in [1.807, 2.05) is 24.3 Å². The quantitative estimate of drug-likeness (QED) is 0.763. The summed E-state index contributed by atoms with van der Waals surface area (Å²) in [5.74, 6) is 0.509. The first-order valence-corrected chi connectivity index (χ1v) is 8.42. The van der Waals surface area contributed by atoms with Gasteiger partial charge in [0.15, 0.2) is 0 Å². The number of aromatic amines is 1. The Kier molecular flexibility index (Phi) is 4.28. The lowest BCUT2D eigenvalue weighted by atomic mass is 10.1. The van der Waals surface area contributed by atoms with Crippen LogP contribution in [0.1, 0.15) is 35.1 Å². The molecule has 1 aliphatic heterocycles. The molecule has 1 amide bonds. The summed E-state index contributed by atoms with van der Waals surface area (Å²) in [5.41, 5.74) is 2.11. The van der Waals surface area contributed by atoms with E-state index >= 15 is 0 Å². The largest absolute Gasteiger partial charge is 0.435 e. The number of nitrogens with one attached hydrogen (secondary N) is 1. The van der Waals surface area contributed by atoms with Crippen LogP contribution in [-0.2, 0) is 0 Å². The Morgan fingerprint density at radius 2 is 2.08 bits per heavy atom. The van der Waals surface area contributed by atoms with Crippen molar-refractivity contribution in [2.75, 3.05) is 6.54 Å². The lowest BCUT2D eigenvalue weighted by molar-refractivity contribution is -0.0499. The Balaban J connectivity index is 1.60. The number of halogens is 2. The lowest BCUT2D eigenvalue weighted by Crippen LogP contribution is -2.31. The Bertz CT molecular complexity index is 908. The Morgan fingerprint density at radius 3 is 2.88 bits per heavy atom. The summed E-state index contributed by atoms with van der Waals surface area (Å²) in [6.45, 7) is -2.32. The smallest absolute Gasteiger partial charge is 0.387 e. The van der Waals surface area contributed by atoms with Gasteiger partial charge in [0.25, 0.3) is 5.91 Å². The van der Waals surface area contributed by atoms with Gasteiger partial charge in [-0.2, -0.15) is 8.78 Å². The second kappa shape index (κ2) is 6.74. The molecule has 2 heterocycles. The standard InChI is InChI=1S/C19H17F2N3O2/c20-19(21)26-13-6-3-5-12(11-13)18(25)24-10-4-9-16(24)17-22-14-7-1-2-8-15(14)23-17/h1-3,5-8,11,16,19H,4,9-10H2,(H,22,23)/t16-/m1/s1. The van der Waals surface area contributed by atoms with E-state index in [0.717, 1.165) is 29.7 Å². The molecule has 1 fully saturated rings. The summed E-state index contributed by atoms with van der Waals surface area (Å²) in [6.07, 6.45) is 1.67. The summed E-state index contributed by atoms with van der Waals surface area (Å²) in [4.78, 5) is 22.5. The van der Waals surface area contributed by atoms with Crippen molar-refractivity contribution in [3.05, 3.63) is 59.9 Å². The van der Waals surface area contributed by atoms with E-state index < -0.39 is 6.61 Å². The third-order valence-corrected chi connectivity index (χ3v) is 4.54. The number of ether oxygens (including phenoxy) is 1. The maximum Gasteiger partial charge on any atom is 0.387 e. The van der Waals surface area contributed by atoms with Crippen LogP contribution in [0.5, 0.6) is 5.75 Å². The zero-order chi connectivity index (χ0) is 18.1. The second-order valence-corrected chi connectivity index (χ2v) is 6.20. The van der Waals surface area contributed by atoms with Crippen LogP contribution >= 0.6 is 0 Å². The molecule has 5 nitrogen and oxygen atoms in total. The van der Waals surface area contributed by atoms with Gasteiger partial charge in [-0.15, -0.1) is 0 Å². The van der Waals surface area contributed by atoms with Crippen molar-refractivity contribution < 1.29 is 18.3 Å². The highest BCUT2D eigenvalue weighted by atomic mass is 19.3. The molecule has 26 heavy (non-hydrogen) atoms. The zero-order valence-corrected chi connectivity index (χ0v) is 13.9. The van der Waals surface area contributed by atoms with E-state index in [0.29, 0.717) is 12.1 Å². The molecule has 3 aromatic rings. The number of carbonyl (C=O) groups is 1. The number of aromatic nitrogens is 2. The highest BCUT2D eigenvalue weighted by molar-refractivity contribution is 5.95. The zero-order valence-electron chi connectivity index (χ0n) is 13.9. The number of benzene rings is 2. The minimum absolute atomic E-state index is 0.0228. The normalized spacial score (nSPS) is 17.2. The first-order valence-electron chi connectivity index (χ1n) is 8.42. The molecule has 1 atom stereocenters. The van der Waals surface area contributed by atoms with Crippen molar-refractivity contribution in [1.29, 1.82) is 0 Å². The van der Waals surface area contributed by atoms with Crippen molar-refractivity contribution in [3.63, 3.8) is 0 Å². The summed E-state index contributed by atoms with van der Waals surface area (Å²) in [5, 5.41) is 0. The number of nitrogens with zero attached hydrogens (tertiary/aromatic N) is 2. The molecule has 134 valence electrons. The van der Waals surface area contributed by atoms with E-state index in [-0.39, 0.29) is 17.7 Å². The van der Waals surface area contributed by atoms with E-state index in [4.69, 9.17) is 0 Å². The average Bonchev–Trinajstić information content (AvgIpc) is 3.27. The van der Waals surface area contributed by atoms with Gasteiger partial charge in [-0.25, -0.2) is 4.98 Å². The van der Waals surface area contributed by atoms with Crippen molar-refractivity contribution in [2.45, 2.75) is 25.5 Å². The number of imidazole rings is 1. The van der Waals surface area contributed by atoms with Crippen molar-refractivity contribution >= 4 is 16.9 Å². The van der Waals surface area contributed by atoms with Gasteiger partial charge in [0.05, 0.1) is 17.1 Å². The van der Waals surface area contributed by atoms with E-state index in [1.54, 1.807) is 11.0 Å². The number of carbonyl (C=O) groups excluding carboxylic acids is 1. The Morgan fingerprint density at radius 1 is 1.23 bits per heavy atom. The molecule has 1 aromatic heterocycles. The topological polar surface area (TPSA) is 58.2 Å². The lowest BCUT2D eigenvalue weighted by Gasteiger charge is -2.23. The van der Waals surface area contributed by atoms with Crippen LogP contribution in [0, 0.1) is 0 Å². The molecule has 0 spiro atoms. The first-order chi connectivity index (χ1) is 12.6. The van der Waals surface area contributed by atoms with Crippen LogP contribution in [0.2, 0.25) is 0 Å². The highest BCUT2D eigenvalue weighted by Gasteiger charge is 2.32. The van der Waals surface area contributed by atoms with Gasteiger partial charge in [0, 0.05) is 12.1 Å². The van der Waals surface area contributed by atoms with Crippen LogP contribution in [0.15, 0.2) is 48.5 Å². The van der Waals surface area contributed by atoms with Crippen molar-refractivity contribution in [2.24, 2.45) is 0 Å². The van der Waals surface area contributed by atoms with Crippen LogP contribution in [0.3, 0.4) is 0 Å². The van der Waals surface area contributed by atoms with Crippen LogP contribution in [0.25, 0.3) is 11.0 Å². The predicted molar refractivity (Wildman–Crippen MR) is 92.2 cm³/mol. The Hall–Kier alpha value is -2.96. The van der Waals surface area contributed by atoms with Crippen LogP contribution in [0.4, 0.5) is 8.78 Å². The summed E-state index contributed by atoms with van der Waals surface area (Å²) in [7, 11) is 0. The van der Waals surface area contributed by atoms with E-state index in [9.17, 15) is 13.6 Å². The number of fused-ring (bicyclic) bond motifs is 1. The molecule has 1 aliphatic rings. The molecule has 2 aromatic carbocycles. The summed E-state index contributed by atoms with van der Waals surface area (Å²) in [6, 6.07) is 13.4. The van der Waals surface area contributed by atoms with Gasteiger partial charge in [0.1, 0.15) is 11.6 Å². The summed E-state index contributed by atoms with van der Waals surface area (Å²) < 4.78 is 29.2. The van der Waals surface area contributed by atoms with Gasteiger partial charge in [-0.1, -0.05) is 18.2 Å². The van der Waals surface area contributed by atoms with E-state index in [2.05, 4.69) is 14.7 Å². The molecule has 4 rings (SSSR count). The number of H-pyrrole nitrogens is 1. The number of amides is 1. The maximum atomic E-state index is 12.9. The number of hydrogen-bond acceptors (Lipinski definition) is 3. The molecule has 0 bridgehead atoms. The monoisotopic (exact) mass is 357 g/mol. The number of likely N-dealkylation sites (tertiary alicyclic amines) is 1. The molecule has 7 heteroatoms. The minimum atomic E-state index is -2.92. The Labute approximate surface area is 148 Å². The second-order valence-electron chi connectivity index (χ2n) is 6.20. The predicted octanol–water partition coefficient (Wildman–Crippen LogP) is 4.14. The molecule has 0 aliphatic carbocycles. The van der Waals surface area contributed by atoms with Gasteiger partial charge in [-0.05, 0) is 43.2 Å². The average molecular weight is 357 g/mol. The van der Waals surface area contributed by atoms with Gasteiger partial charge < -0.3 is 14.6 Å². The third kappa shape index (κ3) is 3.12. The number of para-hydroxylation sites is 2. The molecule has 0 saturated carbocycles. The van der Waals surface area contributed by atoms with E-state index in [1.165, 1.54) is 18.2 Å². The van der Waals surface area contributed by atoms with Gasteiger partial charge in [-0.3, -0.25) is 4.79 Å². The fourth-order valence-corrected chi connectivity index (χ4v) is 3.40. The van der Waals surface area contributed by atoms with Crippen LogP contribution in [-0.4, -0.2) is 33.9 Å².